The van der Waals surface area contributed by atoms with Crippen LogP contribution in [0, 0.1) is 13.8 Å². The Kier molecular flexibility index (Phi) is 4.87. The van der Waals surface area contributed by atoms with E-state index >= 15 is 0 Å². The fourth-order valence-electron chi connectivity index (χ4n) is 4.35. The highest BCUT2D eigenvalue weighted by Crippen LogP contribution is 2.44. The summed E-state index contributed by atoms with van der Waals surface area (Å²) in [5, 5.41) is 0. The summed E-state index contributed by atoms with van der Waals surface area (Å²) in [6.07, 6.45) is 1.83. The van der Waals surface area contributed by atoms with E-state index in [0.29, 0.717) is 23.8 Å². The fourth-order valence-corrected chi connectivity index (χ4v) is 4.35. The third-order valence-corrected chi connectivity index (χ3v) is 6.27. The van der Waals surface area contributed by atoms with E-state index in [1.165, 1.54) is 5.56 Å². The van der Waals surface area contributed by atoms with Gasteiger partial charge in [-0.2, -0.15) is 0 Å². The van der Waals surface area contributed by atoms with Crippen LogP contribution in [0.3, 0.4) is 0 Å². The van der Waals surface area contributed by atoms with Crippen molar-refractivity contribution >= 4 is 11.9 Å². The van der Waals surface area contributed by atoms with Crippen molar-refractivity contribution < 1.29 is 14.3 Å². The summed E-state index contributed by atoms with van der Waals surface area (Å²) in [6.45, 7) is 7.41. The average molecular weight is 412 g/mol. The molecule has 0 spiro atoms. The van der Waals surface area contributed by atoms with Crippen molar-refractivity contribution in [3.63, 3.8) is 0 Å². The number of carbonyl (C=O) groups is 1. The van der Waals surface area contributed by atoms with E-state index in [1.54, 1.807) is 0 Å². The second-order valence-corrected chi connectivity index (χ2v) is 8.27. The van der Waals surface area contributed by atoms with Crippen LogP contribution in [0.15, 0.2) is 66.4 Å². The van der Waals surface area contributed by atoms with Crippen molar-refractivity contribution in [3.05, 3.63) is 99.8 Å². The molecule has 156 valence electrons. The van der Waals surface area contributed by atoms with Crippen LogP contribution in [0.2, 0.25) is 0 Å². The zero-order chi connectivity index (χ0) is 21.5. The van der Waals surface area contributed by atoms with Gasteiger partial charge in [0.25, 0.3) is 0 Å². The predicted molar refractivity (Wildman–Crippen MR) is 121 cm³/mol. The molecule has 2 heterocycles. The zero-order valence-electron chi connectivity index (χ0n) is 18.0. The summed E-state index contributed by atoms with van der Waals surface area (Å²) >= 11 is 0. The second kappa shape index (κ2) is 7.71. The molecule has 0 saturated carbocycles. The van der Waals surface area contributed by atoms with Crippen LogP contribution >= 0.6 is 0 Å². The Labute approximate surface area is 182 Å². The number of benzene rings is 3. The third kappa shape index (κ3) is 3.43. The van der Waals surface area contributed by atoms with Crippen LogP contribution in [0.4, 0.5) is 0 Å². The third-order valence-electron chi connectivity index (χ3n) is 6.27. The van der Waals surface area contributed by atoms with E-state index in [4.69, 9.17) is 9.47 Å². The van der Waals surface area contributed by atoms with E-state index in [1.807, 2.05) is 56.3 Å². The van der Waals surface area contributed by atoms with E-state index < -0.39 is 0 Å². The van der Waals surface area contributed by atoms with Crippen molar-refractivity contribution in [1.82, 2.24) is 4.90 Å². The molecular weight excluding hydrogens is 386 g/mol. The van der Waals surface area contributed by atoms with E-state index in [0.717, 1.165) is 34.5 Å². The van der Waals surface area contributed by atoms with Crippen LogP contribution in [0.1, 0.15) is 51.1 Å². The molecule has 1 unspecified atom stereocenters. The number of carbonyl (C=O) groups excluding carboxylic acids is 1. The fraction of sp³-hybridized carbons (Fsp3) is 0.222. The van der Waals surface area contributed by atoms with Gasteiger partial charge in [-0.05, 0) is 49.6 Å². The molecule has 0 radical (unpaired) electrons. The Bertz CT molecular complexity index is 1200. The molecule has 3 aromatic carbocycles. The molecule has 0 bridgehead atoms. The van der Waals surface area contributed by atoms with Crippen molar-refractivity contribution in [1.29, 1.82) is 0 Å². The molecule has 2 aliphatic heterocycles. The monoisotopic (exact) mass is 411 g/mol. The van der Waals surface area contributed by atoms with Gasteiger partial charge in [0.05, 0.1) is 5.56 Å². The Morgan fingerprint density at radius 1 is 1.00 bits per heavy atom. The van der Waals surface area contributed by atoms with Crippen LogP contribution in [-0.4, -0.2) is 17.4 Å². The molecule has 3 aromatic rings. The van der Waals surface area contributed by atoms with E-state index in [2.05, 4.69) is 36.1 Å². The summed E-state index contributed by atoms with van der Waals surface area (Å²) in [6, 6.07) is 20.5. The highest BCUT2D eigenvalue weighted by Gasteiger charge is 2.34. The van der Waals surface area contributed by atoms with Gasteiger partial charge in [-0.3, -0.25) is 9.69 Å². The minimum atomic E-state index is -0.0719. The van der Waals surface area contributed by atoms with Gasteiger partial charge < -0.3 is 9.47 Å². The van der Waals surface area contributed by atoms with Gasteiger partial charge in [0.2, 0.25) is 5.78 Å². The van der Waals surface area contributed by atoms with Crippen LogP contribution in [-0.2, 0) is 6.54 Å². The van der Waals surface area contributed by atoms with Crippen molar-refractivity contribution in [2.45, 2.75) is 33.4 Å². The van der Waals surface area contributed by atoms with E-state index in [9.17, 15) is 4.79 Å². The molecule has 2 aliphatic rings. The smallest absolute Gasteiger partial charge is 0.231 e. The van der Waals surface area contributed by atoms with Crippen molar-refractivity contribution in [2.24, 2.45) is 0 Å². The Morgan fingerprint density at radius 2 is 1.74 bits per heavy atom. The van der Waals surface area contributed by atoms with Gasteiger partial charge in [-0.15, -0.1) is 0 Å². The number of ketones is 1. The topological polar surface area (TPSA) is 38.8 Å². The minimum absolute atomic E-state index is 0.0719. The standard InChI is InChI=1S/C27H25NO3/c1-17-9-7-8-12-21(17)14-24-25(29)23-13-22-15-28(19(3)20-10-5-4-6-11-20)16-30-26(22)18(2)27(23)31-24/h4-14,19H,15-16H2,1-3H3/b24-14-. The molecule has 0 aromatic heterocycles. The maximum absolute atomic E-state index is 13.1. The molecule has 4 nitrogen and oxygen atoms in total. The van der Waals surface area contributed by atoms with Gasteiger partial charge in [0.15, 0.2) is 5.76 Å². The molecule has 1 atom stereocenters. The maximum atomic E-state index is 13.1. The summed E-state index contributed by atoms with van der Waals surface area (Å²) in [5.41, 5.74) is 5.87. The number of hydrogen-bond donors (Lipinski definition) is 0. The lowest BCUT2D eigenvalue weighted by atomic mass is 9.98. The second-order valence-electron chi connectivity index (χ2n) is 8.27. The largest absolute Gasteiger partial charge is 0.477 e. The van der Waals surface area contributed by atoms with Gasteiger partial charge in [0.1, 0.15) is 18.2 Å². The van der Waals surface area contributed by atoms with Crippen LogP contribution < -0.4 is 9.47 Å². The molecule has 0 fully saturated rings. The number of nitrogens with zero attached hydrogens (tertiary/aromatic N) is 1. The lowest BCUT2D eigenvalue weighted by Crippen LogP contribution is -2.34. The first-order chi connectivity index (χ1) is 15.0. The first-order valence-corrected chi connectivity index (χ1v) is 10.6. The van der Waals surface area contributed by atoms with Crippen molar-refractivity contribution in [2.75, 3.05) is 6.73 Å². The Hall–Kier alpha value is -3.37. The SMILES string of the molecule is Cc1ccccc1/C=C1\Oc2c(cc3c(c2C)OCN(C(C)c2ccccc2)C3)C1=O. The van der Waals surface area contributed by atoms with Gasteiger partial charge in [-0.1, -0.05) is 54.6 Å². The molecular formula is C27H25NO3. The summed E-state index contributed by atoms with van der Waals surface area (Å²) in [7, 11) is 0. The minimum Gasteiger partial charge on any atom is -0.477 e. The van der Waals surface area contributed by atoms with Gasteiger partial charge in [0, 0.05) is 23.7 Å². The number of Topliss-reactive ketones (excluding diaryl/α,β-unsaturated/α-hetero) is 1. The molecule has 0 amide bonds. The predicted octanol–water partition coefficient (Wildman–Crippen LogP) is 5.83. The lowest BCUT2D eigenvalue weighted by molar-refractivity contribution is 0.0609. The first kappa shape index (κ1) is 19.6. The molecule has 0 N–H and O–H groups in total. The van der Waals surface area contributed by atoms with Gasteiger partial charge >= 0.3 is 0 Å². The molecule has 5 rings (SSSR count). The number of rotatable bonds is 3. The Morgan fingerprint density at radius 3 is 2.52 bits per heavy atom. The molecule has 0 aliphatic carbocycles. The van der Waals surface area contributed by atoms with Crippen molar-refractivity contribution in [3.8, 4) is 11.5 Å². The van der Waals surface area contributed by atoms with Gasteiger partial charge in [-0.25, -0.2) is 0 Å². The average Bonchev–Trinajstić information content (AvgIpc) is 3.11. The Balaban J connectivity index is 1.46. The number of hydrogen-bond acceptors (Lipinski definition) is 4. The molecule has 31 heavy (non-hydrogen) atoms. The summed E-state index contributed by atoms with van der Waals surface area (Å²) < 4.78 is 12.2. The molecule has 4 heteroatoms. The first-order valence-electron chi connectivity index (χ1n) is 10.6. The highest BCUT2D eigenvalue weighted by molar-refractivity contribution is 6.15. The summed E-state index contributed by atoms with van der Waals surface area (Å²) in [4.78, 5) is 15.4. The lowest BCUT2D eigenvalue weighted by Gasteiger charge is -2.34. The highest BCUT2D eigenvalue weighted by atomic mass is 16.5. The normalized spacial score (nSPS) is 17.6. The number of ether oxygens (including phenoxy) is 2. The number of aryl methyl sites for hydroxylation is 1. The maximum Gasteiger partial charge on any atom is 0.231 e. The molecule has 0 saturated heterocycles. The quantitative estimate of drug-likeness (QED) is 0.508. The van der Waals surface area contributed by atoms with Crippen LogP contribution in [0.5, 0.6) is 11.5 Å². The number of fused-ring (bicyclic) bond motifs is 2. The zero-order valence-corrected chi connectivity index (χ0v) is 18.0. The summed E-state index contributed by atoms with van der Waals surface area (Å²) in [5.74, 6) is 1.75. The number of allylic oxidation sites excluding steroid dienone is 1. The van der Waals surface area contributed by atoms with E-state index in [-0.39, 0.29) is 11.8 Å². The van der Waals surface area contributed by atoms with Crippen LogP contribution in [0.25, 0.3) is 6.08 Å².